The minimum atomic E-state index is -0.260. The van der Waals surface area contributed by atoms with Crippen LogP contribution in [0.4, 0.5) is 0 Å². The van der Waals surface area contributed by atoms with Gasteiger partial charge in [-0.2, -0.15) is 0 Å². The van der Waals surface area contributed by atoms with Gasteiger partial charge in [0.1, 0.15) is 0 Å². The number of carbonyl (C=O) groups excluding carboxylic acids is 1. The molecule has 0 radical (unpaired) electrons. The van der Waals surface area contributed by atoms with Gasteiger partial charge < -0.3 is 9.64 Å². The molecule has 0 bridgehead atoms. The molecule has 1 fully saturated rings. The predicted molar refractivity (Wildman–Crippen MR) is 42.2 cm³/mol. The first-order chi connectivity index (χ1) is 5.08. The van der Waals surface area contributed by atoms with Crippen molar-refractivity contribution in [3.63, 3.8) is 0 Å². The van der Waals surface area contributed by atoms with Crippen LogP contribution in [0.1, 0.15) is 13.3 Å². The highest BCUT2D eigenvalue weighted by atomic mass is 16.5. The third-order valence-electron chi connectivity index (χ3n) is 2.34. The Bertz CT molecular complexity index is 169. The molecule has 0 amide bonds. The molecule has 1 aliphatic heterocycles. The molecule has 3 heteroatoms. The van der Waals surface area contributed by atoms with Crippen LogP contribution >= 0.6 is 0 Å². The lowest BCUT2D eigenvalue weighted by Gasteiger charge is -2.19. The third kappa shape index (κ3) is 1.53. The van der Waals surface area contributed by atoms with Crippen LogP contribution in [0, 0.1) is 5.41 Å². The monoisotopic (exact) mass is 157 g/mol. The van der Waals surface area contributed by atoms with Gasteiger partial charge in [-0.1, -0.05) is 0 Å². The summed E-state index contributed by atoms with van der Waals surface area (Å²) in [5.74, 6) is -0.0816. The quantitative estimate of drug-likeness (QED) is 0.519. The van der Waals surface area contributed by atoms with Crippen molar-refractivity contribution in [2.75, 3.05) is 27.2 Å². The van der Waals surface area contributed by atoms with E-state index in [1.54, 1.807) is 0 Å². The number of likely N-dealkylation sites (tertiary alicyclic amines) is 1. The van der Waals surface area contributed by atoms with E-state index in [2.05, 4.69) is 4.90 Å². The van der Waals surface area contributed by atoms with Crippen LogP contribution in [0.2, 0.25) is 0 Å². The summed E-state index contributed by atoms with van der Waals surface area (Å²) in [4.78, 5) is 13.4. The van der Waals surface area contributed by atoms with Crippen molar-refractivity contribution in [1.82, 2.24) is 4.90 Å². The summed E-state index contributed by atoms with van der Waals surface area (Å²) in [7, 11) is 3.47. The lowest BCUT2D eigenvalue weighted by Crippen LogP contribution is -2.31. The van der Waals surface area contributed by atoms with Crippen LogP contribution in [-0.4, -0.2) is 38.1 Å². The molecule has 11 heavy (non-hydrogen) atoms. The van der Waals surface area contributed by atoms with E-state index in [-0.39, 0.29) is 11.4 Å². The molecule has 0 spiro atoms. The van der Waals surface area contributed by atoms with Crippen molar-refractivity contribution in [3.05, 3.63) is 0 Å². The second-order valence-electron chi connectivity index (χ2n) is 3.54. The van der Waals surface area contributed by atoms with E-state index in [0.717, 1.165) is 19.5 Å². The lowest BCUT2D eigenvalue weighted by atomic mass is 9.90. The van der Waals surface area contributed by atoms with Crippen molar-refractivity contribution in [1.29, 1.82) is 0 Å². The summed E-state index contributed by atoms with van der Waals surface area (Å²) in [6.45, 7) is 3.77. The summed E-state index contributed by atoms with van der Waals surface area (Å²) >= 11 is 0. The fraction of sp³-hybridized carbons (Fsp3) is 0.875. The van der Waals surface area contributed by atoms with Crippen LogP contribution in [0.15, 0.2) is 0 Å². The van der Waals surface area contributed by atoms with E-state index in [9.17, 15) is 4.79 Å². The number of esters is 1. The standard InChI is InChI=1S/C8H15NO2/c1-8(7(10)11-3)4-5-9(2)6-8/h4-6H2,1-3H3/t8-/m0/s1. The zero-order valence-corrected chi connectivity index (χ0v) is 7.39. The predicted octanol–water partition coefficient (Wildman–Crippen LogP) is 0.501. The molecular formula is C8H15NO2. The average Bonchev–Trinajstić information content (AvgIpc) is 2.31. The maximum atomic E-state index is 11.2. The zero-order valence-electron chi connectivity index (χ0n) is 7.39. The number of hydrogen-bond donors (Lipinski definition) is 0. The smallest absolute Gasteiger partial charge is 0.312 e. The number of ether oxygens (including phenoxy) is 1. The van der Waals surface area contributed by atoms with Gasteiger partial charge in [0.15, 0.2) is 0 Å². The largest absolute Gasteiger partial charge is 0.469 e. The van der Waals surface area contributed by atoms with Gasteiger partial charge in [0.25, 0.3) is 0 Å². The molecule has 1 aliphatic rings. The van der Waals surface area contributed by atoms with Gasteiger partial charge in [0, 0.05) is 6.54 Å². The van der Waals surface area contributed by atoms with E-state index >= 15 is 0 Å². The van der Waals surface area contributed by atoms with Crippen LogP contribution in [0.25, 0.3) is 0 Å². The van der Waals surface area contributed by atoms with Gasteiger partial charge in [0.2, 0.25) is 0 Å². The number of methoxy groups -OCH3 is 1. The zero-order chi connectivity index (χ0) is 8.48. The SMILES string of the molecule is COC(=O)[C@@]1(C)CCN(C)C1. The van der Waals surface area contributed by atoms with Gasteiger partial charge in [-0.15, -0.1) is 0 Å². The first-order valence-corrected chi connectivity index (χ1v) is 3.85. The molecule has 0 aliphatic carbocycles. The first-order valence-electron chi connectivity index (χ1n) is 3.85. The van der Waals surface area contributed by atoms with Gasteiger partial charge in [-0.25, -0.2) is 0 Å². The minimum absolute atomic E-state index is 0.0816. The van der Waals surface area contributed by atoms with Crippen LogP contribution in [-0.2, 0) is 9.53 Å². The third-order valence-corrected chi connectivity index (χ3v) is 2.34. The Morgan fingerprint density at radius 1 is 1.64 bits per heavy atom. The molecule has 0 saturated carbocycles. The first kappa shape index (κ1) is 8.53. The number of carbonyl (C=O) groups is 1. The van der Waals surface area contributed by atoms with Crippen molar-refractivity contribution in [3.8, 4) is 0 Å². The maximum Gasteiger partial charge on any atom is 0.312 e. The highest BCUT2D eigenvalue weighted by molar-refractivity contribution is 5.76. The summed E-state index contributed by atoms with van der Waals surface area (Å²) in [6.07, 6.45) is 0.913. The van der Waals surface area contributed by atoms with E-state index in [4.69, 9.17) is 4.74 Å². The highest BCUT2D eigenvalue weighted by Crippen LogP contribution is 2.29. The second-order valence-corrected chi connectivity index (χ2v) is 3.54. The Morgan fingerprint density at radius 3 is 2.64 bits per heavy atom. The molecular weight excluding hydrogens is 142 g/mol. The van der Waals surface area contributed by atoms with E-state index < -0.39 is 0 Å². The number of hydrogen-bond acceptors (Lipinski definition) is 3. The van der Waals surface area contributed by atoms with Gasteiger partial charge in [-0.3, -0.25) is 4.79 Å². The van der Waals surface area contributed by atoms with E-state index in [1.807, 2.05) is 14.0 Å². The molecule has 0 aromatic rings. The second kappa shape index (κ2) is 2.81. The molecule has 0 aromatic heterocycles. The van der Waals surface area contributed by atoms with Crippen molar-refractivity contribution in [2.24, 2.45) is 5.41 Å². The van der Waals surface area contributed by atoms with Crippen LogP contribution < -0.4 is 0 Å². The minimum Gasteiger partial charge on any atom is -0.469 e. The fourth-order valence-electron chi connectivity index (χ4n) is 1.60. The Morgan fingerprint density at radius 2 is 2.27 bits per heavy atom. The Balaban J connectivity index is 2.61. The molecule has 0 N–H and O–H groups in total. The summed E-state index contributed by atoms with van der Waals surface area (Å²) in [6, 6.07) is 0. The Hall–Kier alpha value is -0.570. The van der Waals surface area contributed by atoms with Crippen molar-refractivity contribution < 1.29 is 9.53 Å². The van der Waals surface area contributed by atoms with Crippen LogP contribution in [0.5, 0.6) is 0 Å². The molecule has 3 nitrogen and oxygen atoms in total. The number of rotatable bonds is 1. The fourth-order valence-corrected chi connectivity index (χ4v) is 1.60. The molecule has 1 atom stereocenters. The molecule has 1 heterocycles. The van der Waals surface area contributed by atoms with Gasteiger partial charge >= 0.3 is 5.97 Å². The van der Waals surface area contributed by atoms with Gasteiger partial charge in [-0.05, 0) is 26.9 Å². The highest BCUT2D eigenvalue weighted by Gasteiger charge is 2.39. The molecule has 1 saturated heterocycles. The van der Waals surface area contributed by atoms with Gasteiger partial charge in [0.05, 0.1) is 12.5 Å². The molecule has 0 aromatic carbocycles. The molecule has 64 valence electrons. The van der Waals surface area contributed by atoms with Crippen molar-refractivity contribution in [2.45, 2.75) is 13.3 Å². The van der Waals surface area contributed by atoms with E-state index in [1.165, 1.54) is 7.11 Å². The van der Waals surface area contributed by atoms with Crippen molar-refractivity contribution >= 4 is 5.97 Å². The Kier molecular flexibility index (Phi) is 2.18. The summed E-state index contributed by atoms with van der Waals surface area (Å²) in [5, 5.41) is 0. The van der Waals surface area contributed by atoms with E-state index in [0.29, 0.717) is 0 Å². The normalized spacial score (nSPS) is 32.3. The molecule has 1 rings (SSSR count). The maximum absolute atomic E-state index is 11.2. The average molecular weight is 157 g/mol. The summed E-state index contributed by atoms with van der Waals surface area (Å²) < 4.78 is 4.72. The summed E-state index contributed by atoms with van der Waals surface area (Å²) in [5.41, 5.74) is -0.260. The topological polar surface area (TPSA) is 29.5 Å². The van der Waals surface area contributed by atoms with Crippen LogP contribution in [0.3, 0.4) is 0 Å². The molecule has 0 unspecified atom stereocenters. The Labute approximate surface area is 67.3 Å². The number of nitrogens with zero attached hydrogens (tertiary/aromatic N) is 1. The lowest BCUT2D eigenvalue weighted by molar-refractivity contribution is -0.150.